The van der Waals surface area contributed by atoms with Crippen LogP contribution in [-0.4, -0.2) is 66.1 Å². The molecule has 0 heterocycles. The van der Waals surface area contributed by atoms with Crippen molar-refractivity contribution in [3.63, 3.8) is 0 Å². The topological polar surface area (TPSA) is 86.9 Å². The van der Waals surface area contributed by atoms with Gasteiger partial charge in [0, 0.05) is 6.54 Å². The quantitative estimate of drug-likeness (QED) is 0.502. The third kappa shape index (κ3) is 10.5. The standard InChI is InChI=1S/C13H27N3O3/c1-3-15(4-2)8-5-6-9-16(11-12(14)17)10-7-13(18)19/h3-11H2,1-2H3,(H2,14,17)(H,18,19). The van der Waals surface area contributed by atoms with E-state index in [0.29, 0.717) is 6.54 Å². The molecule has 3 N–H and O–H groups in total. The Morgan fingerprint density at radius 2 is 1.53 bits per heavy atom. The van der Waals surface area contributed by atoms with Crippen LogP contribution < -0.4 is 5.73 Å². The van der Waals surface area contributed by atoms with Crippen molar-refractivity contribution in [2.45, 2.75) is 33.1 Å². The molecule has 0 rings (SSSR count). The van der Waals surface area contributed by atoms with Gasteiger partial charge in [0.05, 0.1) is 13.0 Å². The molecule has 0 aromatic rings. The smallest absolute Gasteiger partial charge is 0.304 e. The second-order valence-corrected chi connectivity index (χ2v) is 4.62. The lowest BCUT2D eigenvalue weighted by molar-refractivity contribution is -0.137. The Hall–Kier alpha value is -1.14. The lowest BCUT2D eigenvalue weighted by Gasteiger charge is -2.21. The number of hydrogen-bond donors (Lipinski definition) is 2. The van der Waals surface area contributed by atoms with Crippen molar-refractivity contribution in [1.29, 1.82) is 0 Å². The van der Waals surface area contributed by atoms with Crippen molar-refractivity contribution in [2.75, 3.05) is 39.3 Å². The van der Waals surface area contributed by atoms with E-state index in [1.807, 2.05) is 4.90 Å². The molecule has 0 bridgehead atoms. The summed E-state index contributed by atoms with van der Waals surface area (Å²) in [6, 6.07) is 0. The van der Waals surface area contributed by atoms with Gasteiger partial charge in [0.15, 0.2) is 0 Å². The van der Waals surface area contributed by atoms with Gasteiger partial charge in [0.25, 0.3) is 0 Å². The Kier molecular flexibility index (Phi) is 10.1. The molecule has 0 aromatic heterocycles. The van der Waals surface area contributed by atoms with Crippen LogP contribution in [0.5, 0.6) is 0 Å². The molecule has 0 aliphatic heterocycles. The van der Waals surface area contributed by atoms with Gasteiger partial charge in [-0.25, -0.2) is 0 Å². The van der Waals surface area contributed by atoms with Gasteiger partial charge in [-0.15, -0.1) is 0 Å². The van der Waals surface area contributed by atoms with E-state index in [1.54, 1.807) is 0 Å². The van der Waals surface area contributed by atoms with E-state index >= 15 is 0 Å². The summed E-state index contributed by atoms with van der Waals surface area (Å²) in [5.74, 6) is -1.26. The van der Waals surface area contributed by atoms with E-state index in [1.165, 1.54) is 0 Å². The number of primary amides is 1. The molecule has 6 heteroatoms. The maximum absolute atomic E-state index is 10.9. The molecule has 1 amide bonds. The molecule has 19 heavy (non-hydrogen) atoms. The highest BCUT2D eigenvalue weighted by molar-refractivity contribution is 5.76. The molecule has 6 nitrogen and oxygen atoms in total. The van der Waals surface area contributed by atoms with Crippen molar-refractivity contribution < 1.29 is 14.7 Å². The fourth-order valence-corrected chi connectivity index (χ4v) is 1.95. The Morgan fingerprint density at radius 3 is 1.95 bits per heavy atom. The predicted molar refractivity (Wildman–Crippen MR) is 74.9 cm³/mol. The Labute approximate surface area is 115 Å². The largest absolute Gasteiger partial charge is 0.481 e. The van der Waals surface area contributed by atoms with Crippen LogP contribution in [0.4, 0.5) is 0 Å². The second-order valence-electron chi connectivity index (χ2n) is 4.62. The number of carboxylic acids is 1. The zero-order chi connectivity index (χ0) is 14.7. The predicted octanol–water partition coefficient (Wildman–Crippen LogP) is 0.370. The highest BCUT2D eigenvalue weighted by Gasteiger charge is 2.10. The Balaban J connectivity index is 3.90. The number of nitrogens with two attached hydrogens (primary N) is 1. The molecule has 0 saturated heterocycles. The summed E-state index contributed by atoms with van der Waals surface area (Å²) in [5, 5.41) is 8.66. The minimum Gasteiger partial charge on any atom is -0.481 e. The van der Waals surface area contributed by atoms with Crippen LogP contribution in [0.15, 0.2) is 0 Å². The lowest BCUT2D eigenvalue weighted by atomic mass is 10.2. The summed E-state index contributed by atoms with van der Waals surface area (Å²) in [4.78, 5) is 25.6. The molecule has 0 aliphatic rings. The number of unbranched alkanes of at least 4 members (excludes halogenated alkanes) is 1. The summed E-state index contributed by atoms with van der Waals surface area (Å²) in [6.07, 6.45) is 2.04. The molecule has 0 fully saturated rings. The number of amides is 1. The number of hydrogen-bond acceptors (Lipinski definition) is 4. The van der Waals surface area contributed by atoms with Crippen molar-refractivity contribution in [3.8, 4) is 0 Å². The first kappa shape index (κ1) is 17.9. The van der Waals surface area contributed by atoms with E-state index < -0.39 is 11.9 Å². The van der Waals surface area contributed by atoms with Crippen LogP contribution in [0.1, 0.15) is 33.1 Å². The molecular weight excluding hydrogens is 246 g/mol. The van der Waals surface area contributed by atoms with E-state index in [4.69, 9.17) is 10.8 Å². The van der Waals surface area contributed by atoms with Gasteiger partial charge in [-0.05, 0) is 39.0 Å². The third-order valence-corrected chi connectivity index (χ3v) is 3.11. The monoisotopic (exact) mass is 273 g/mol. The summed E-state index contributed by atoms with van der Waals surface area (Å²) in [7, 11) is 0. The number of rotatable bonds is 12. The van der Waals surface area contributed by atoms with Gasteiger partial charge in [0.1, 0.15) is 0 Å². The zero-order valence-corrected chi connectivity index (χ0v) is 12.1. The molecular formula is C13H27N3O3. The third-order valence-electron chi connectivity index (χ3n) is 3.11. The number of carbonyl (C=O) groups is 2. The molecule has 0 atom stereocenters. The molecule has 0 aromatic carbocycles. The Bertz CT molecular complexity index is 268. The van der Waals surface area contributed by atoms with E-state index in [-0.39, 0.29) is 13.0 Å². The van der Waals surface area contributed by atoms with Crippen LogP contribution in [-0.2, 0) is 9.59 Å². The summed E-state index contributed by atoms with van der Waals surface area (Å²) in [5.41, 5.74) is 5.16. The van der Waals surface area contributed by atoms with E-state index in [0.717, 1.165) is 39.0 Å². The van der Waals surface area contributed by atoms with Crippen molar-refractivity contribution in [1.82, 2.24) is 9.80 Å². The zero-order valence-electron chi connectivity index (χ0n) is 12.1. The summed E-state index contributed by atoms with van der Waals surface area (Å²) in [6.45, 7) is 8.63. The molecule has 0 radical (unpaired) electrons. The first-order chi connectivity index (χ1) is 8.99. The maximum atomic E-state index is 10.9. The molecule has 0 spiro atoms. The van der Waals surface area contributed by atoms with Crippen LogP contribution >= 0.6 is 0 Å². The molecule has 0 aliphatic carbocycles. The van der Waals surface area contributed by atoms with Gasteiger partial charge in [-0.2, -0.15) is 0 Å². The highest BCUT2D eigenvalue weighted by atomic mass is 16.4. The van der Waals surface area contributed by atoms with Crippen LogP contribution in [0.2, 0.25) is 0 Å². The summed E-state index contributed by atoms with van der Waals surface area (Å²) >= 11 is 0. The van der Waals surface area contributed by atoms with Gasteiger partial charge < -0.3 is 15.7 Å². The van der Waals surface area contributed by atoms with Gasteiger partial charge in [-0.1, -0.05) is 13.8 Å². The van der Waals surface area contributed by atoms with E-state index in [9.17, 15) is 9.59 Å². The molecule has 112 valence electrons. The lowest BCUT2D eigenvalue weighted by Crippen LogP contribution is -2.36. The van der Waals surface area contributed by atoms with Gasteiger partial charge in [0.2, 0.25) is 5.91 Å². The SMILES string of the molecule is CCN(CC)CCCCN(CCC(=O)O)CC(N)=O. The number of carbonyl (C=O) groups excluding carboxylic acids is 1. The fourth-order valence-electron chi connectivity index (χ4n) is 1.95. The van der Waals surface area contributed by atoms with Crippen LogP contribution in [0.25, 0.3) is 0 Å². The first-order valence-electron chi connectivity index (χ1n) is 6.94. The van der Waals surface area contributed by atoms with Crippen molar-refractivity contribution in [2.24, 2.45) is 5.73 Å². The average molecular weight is 273 g/mol. The van der Waals surface area contributed by atoms with E-state index in [2.05, 4.69) is 18.7 Å². The van der Waals surface area contributed by atoms with Gasteiger partial charge in [-0.3, -0.25) is 14.5 Å². The molecule has 0 unspecified atom stereocenters. The fraction of sp³-hybridized carbons (Fsp3) is 0.846. The minimum atomic E-state index is -0.849. The highest BCUT2D eigenvalue weighted by Crippen LogP contribution is 2.00. The van der Waals surface area contributed by atoms with Crippen LogP contribution in [0, 0.1) is 0 Å². The normalized spacial score (nSPS) is 11.2. The molecule has 0 saturated carbocycles. The summed E-state index contributed by atoms with van der Waals surface area (Å²) < 4.78 is 0. The first-order valence-corrected chi connectivity index (χ1v) is 6.94. The number of nitrogens with zero attached hydrogens (tertiary/aromatic N) is 2. The Morgan fingerprint density at radius 1 is 1.00 bits per heavy atom. The average Bonchev–Trinajstić information content (AvgIpc) is 2.35. The second kappa shape index (κ2) is 10.8. The number of carboxylic acid groups (broad SMARTS) is 1. The number of aliphatic carboxylic acids is 1. The minimum absolute atomic E-state index is 0.0450. The van der Waals surface area contributed by atoms with Gasteiger partial charge >= 0.3 is 5.97 Å². The van der Waals surface area contributed by atoms with Crippen molar-refractivity contribution >= 4 is 11.9 Å². The maximum Gasteiger partial charge on any atom is 0.304 e. The van der Waals surface area contributed by atoms with Crippen LogP contribution in [0.3, 0.4) is 0 Å². The van der Waals surface area contributed by atoms with Crippen molar-refractivity contribution in [3.05, 3.63) is 0 Å².